The number of carbonyl (C=O) groups is 1. The number of nitrogens with one attached hydrogen (secondary N) is 1. The van der Waals surface area contributed by atoms with Gasteiger partial charge in [0.25, 0.3) is 0 Å². The van der Waals surface area contributed by atoms with Gasteiger partial charge in [0.15, 0.2) is 0 Å². The highest BCUT2D eigenvalue weighted by Gasteiger charge is 2.13. The van der Waals surface area contributed by atoms with Crippen molar-refractivity contribution in [1.82, 2.24) is 15.1 Å². The van der Waals surface area contributed by atoms with Crippen molar-refractivity contribution in [3.8, 4) is 0 Å². The Labute approximate surface area is 109 Å². The first-order valence-electron chi connectivity index (χ1n) is 6.34. The first-order valence-corrected chi connectivity index (χ1v) is 6.34. The average molecular weight is 253 g/mol. The second-order valence-electron chi connectivity index (χ2n) is 5.20. The molecular weight excluding hydrogens is 230 g/mol. The van der Waals surface area contributed by atoms with E-state index in [2.05, 4.69) is 31.2 Å². The normalized spacial score (nSPS) is 11.6. The van der Waals surface area contributed by atoms with Gasteiger partial charge in [-0.25, -0.2) is 0 Å². The number of rotatable bonds is 6. The van der Waals surface area contributed by atoms with Crippen molar-refractivity contribution in [3.05, 3.63) is 18.0 Å². The third kappa shape index (κ3) is 4.87. The Kier molecular flexibility index (Phi) is 5.34. The van der Waals surface area contributed by atoms with Crippen LogP contribution in [0.4, 0.5) is 0 Å². The molecule has 1 rings (SSSR count). The maximum absolute atomic E-state index is 11.1. The summed E-state index contributed by atoms with van der Waals surface area (Å²) < 4.78 is 6.79. The van der Waals surface area contributed by atoms with E-state index in [1.54, 1.807) is 0 Å². The molecule has 0 atom stereocenters. The highest BCUT2D eigenvalue weighted by atomic mass is 16.5. The highest BCUT2D eigenvalue weighted by Crippen LogP contribution is 2.12. The standard InChI is InChI=1S/C13H23N3O2/c1-5-18-12(17)6-7-14-8-11-9-15-16(10-11)13(2,3)4/h9-10,14H,5-8H2,1-4H3. The first kappa shape index (κ1) is 14.7. The summed E-state index contributed by atoms with van der Waals surface area (Å²) in [6.07, 6.45) is 4.28. The summed E-state index contributed by atoms with van der Waals surface area (Å²) >= 11 is 0. The van der Waals surface area contributed by atoms with Crippen molar-refractivity contribution in [1.29, 1.82) is 0 Å². The Bertz CT molecular complexity index is 380. The van der Waals surface area contributed by atoms with E-state index in [4.69, 9.17) is 4.74 Å². The molecule has 0 saturated heterocycles. The third-order valence-electron chi connectivity index (χ3n) is 2.46. The fourth-order valence-corrected chi connectivity index (χ4v) is 1.47. The van der Waals surface area contributed by atoms with Crippen LogP contribution in [-0.2, 0) is 21.6 Å². The molecule has 0 amide bonds. The molecule has 0 aromatic carbocycles. The maximum Gasteiger partial charge on any atom is 0.307 e. The minimum Gasteiger partial charge on any atom is -0.466 e. The number of aromatic nitrogens is 2. The molecule has 0 aliphatic heterocycles. The van der Waals surface area contributed by atoms with Gasteiger partial charge in [-0.1, -0.05) is 0 Å². The van der Waals surface area contributed by atoms with Gasteiger partial charge in [0.2, 0.25) is 0 Å². The minimum absolute atomic E-state index is 0.00316. The van der Waals surface area contributed by atoms with Gasteiger partial charge in [0, 0.05) is 24.8 Å². The quantitative estimate of drug-likeness (QED) is 0.619. The first-order chi connectivity index (χ1) is 8.43. The largest absolute Gasteiger partial charge is 0.466 e. The van der Waals surface area contributed by atoms with Gasteiger partial charge >= 0.3 is 5.97 Å². The number of ether oxygens (including phenoxy) is 1. The van der Waals surface area contributed by atoms with E-state index < -0.39 is 0 Å². The van der Waals surface area contributed by atoms with Crippen molar-refractivity contribution in [3.63, 3.8) is 0 Å². The summed E-state index contributed by atoms with van der Waals surface area (Å²) in [4.78, 5) is 11.1. The molecular formula is C13H23N3O2. The zero-order chi connectivity index (χ0) is 13.6. The van der Waals surface area contributed by atoms with E-state index in [9.17, 15) is 4.79 Å². The molecule has 5 heteroatoms. The molecule has 18 heavy (non-hydrogen) atoms. The minimum atomic E-state index is -0.157. The predicted molar refractivity (Wildman–Crippen MR) is 70.2 cm³/mol. The van der Waals surface area contributed by atoms with Crippen LogP contribution in [0.3, 0.4) is 0 Å². The monoisotopic (exact) mass is 253 g/mol. The summed E-state index contributed by atoms with van der Waals surface area (Å²) in [7, 11) is 0. The molecule has 5 nitrogen and oxygen atoms in total. The van der Waals surface area contributed by atoms with E-state index in [0.717, 1.165) is 12.1 Å². The van der Waals surface area contributed by atoms with Crippen LogP contribution in [0.25, 0.3) is 0 Å². The van der Waals surface area contributed by atoms with Crippen LogP contribution in [0.15, 0.2) is 12.4 Å². The van der Waals surface area contributed by atoms with Crippen molar-refractivity contribution < 1.29 is 9.53 Å². The van der Waals surface area contributed by atoms with E-state index >= 15 is 0 Å². The van der Waals surface area contributed by atoms with Gasteiger partial charge in [-0.2, -0.15) is 5.10 Å². The van der Waals surface area contributed by atoms with Gasteiger partial charge < -0.3 is 10.1 Å². The Balaban J connectivity index is 2.28. The molecule has 0 fully saturated rings. The van der Waals surface area contributed by atoms with Crippen LogP contribution in [0, 0.1) is 0 Å². The van der Waals surface area contributed by atoms with E-state index in [-0.39, 0.29) is 11.5 Å². The second kappa shape index (κ2) is 6.54. The second-order valence-corrected chi connectivity index (χ2v) is 5.20. The van der Waals surface area contributed by atoms with Crippen molar-refractivity contribution in [2.24, 2.45) is 0 Å². The molecule has 0 saturated carbocycles. The number of hydrogen-bond acceptors (Lipinski definition) is 4. The molecule has 1 aromatic heterocycles. The zero-order valence-electron chi connectivity index (χ0n) is 11.7. The molecule has 1 N–H and O–H groups in total. The lowest BCUT2D eigenvalue weighted by Crippen LogP contribution is -2.22. The summed E-state index contributed by atoms with van der Waals surface area (Å²) in [6.45, 7) is 9.92. The molecule has 1 aromatic rings. The molecule has 0 spiro atoms. The predicted octanol–water partition coefficient (Wildman–Crippen LogP) is 1.68. The summed E-state index contributed by atoms with van der Waals surface area (Å²) in [6, 6.07) is 0. The number of esters is 1. The lowest BCUT2D eigenvalue weighted by atomic mass is 10.1. The molecule has 0 bridgehead atoms. The van der Waals surface area contributed by atoms with Crippen LogP contribution in [-0.4, -0.2) is 28.9 Å². The Morgan fingerprint density at radius 3 is 2.78 bits per heavy atom. The van der Waals surface area contributed by atoms with Gasteiger partial charge in [0.05, 0.1) is 24.8 Å². The van der Waals surface area contributed by atoms with Gasteiger partial charge in [-0.3, -0.25) is 9.48 Å². The van der Waals surface area contributed by atoms with Crippen molar-refractivity contribution >= 4 is 5.97 Å². The zero-order valence-corrected chi connectivity index (χ0v) is 11.7. The van der Waals surface area contributed by atoms with Crippen LogP contribution < -0.4 is 5.32 Å². The van der Waals surface area contributed by atoms with E-state index in [0.29, 0.717) is 19.6 Å². The van der Waals surface area contributed by atoms with Gasteiger partial charge in [-0.05, 0) is 27.7 Å². The molecule has 1 heterocycles. The fourth-order valence-electron chi connectivity index (χ4n) is 1.47. The van der Waals surface area contributed by atoms with Crippen LogP contribution in [0.5, 0.6) is 0 Å². The van der Waals surface area contributed by atoms with Crippen LogP contribution >= 0.6 is 0 Å². The lowest BCUT2D eigenvalue weighted by molar-refractivity contribution is -0.142. The van der Waals surface area contributed by atoms with Crippen LogP contribution in [0.1, 0.15) is 39.7 Å². The smallest absolute Gasteiger partial charge is 0.307 e. The Hall–Kier alpha value is -1.36. The van der Waals surface area contributed by atoms with E-state index in [1.807, 2.05) is 24.0 Å². The fraction of sp³-hybridized carbons (Fsp3) is 0.692. The molecule has 0 aliphatic rings. The summed E-state index contributed by atoms with van der Waals surface area (Å²) in [5.41, 5.74) is 1.12. The third-order valence-corrected chi connectivity index (χ3v) is 2.46. The number of carbonyl (C=O) groups excluding carboxylic acids is 1. The molecule has 0 radical (unpaired) electrons. The molecule has 102 valence electrons. The average Bonchev–Trinajstić information content (AvgIpc) is 2.73. The number of nitrogens with zero attached hydrogens (tertiary/aromatic N) is 2. The molecule has 0 unspecified atom stereocenters. The number of hydrogen-bond donors (Lipinski definition) is 1. The highest BCUT2D eigenvalue weighted by molar-refractivity contribution is 5.69. The summed E-state index contributed by atoms with van der Waals surface area (Å²) in [5, 5.41) is 7.52. The van der Waals surface area contributed by atoms with Crippen molar-refractivity contribution in [2.45, 2.75) is 46.2 Å². The molecule has 0 aliphatic carbocycles. The topological polar surface area (TPSA) is 56.1 Å². The Morgan fingerprint density at radius 2 is 2.22 bits per heavy atom. The van der Waals surface area contributed by atoms with E-state index in [1.165, 1.54) is 0 Å². The maximum atomic E-state index is 11.1. The lowest BCUT2D eigenvalue weighted by Gasteiger charge is -2.18. The van der Waals surface area contributed by atoms with Gasteiger partial charge in [0.1, 0.15) is 0 Å². The Morgan fingerprint density at radius 1 is 1.50 bits per heavy atom. The van der Waals surface area contributed by atoms with Crippen molar-refractivity contribution in [2.75, 3.05) is 13.2 Å². The summed E-state index contributed by atoms with van der Waals surface area (Å²) in [5.74, 6) is -0.157. The van der Waals surface area contributed by atoms with Crippen LogP contribution in [0.2, 0.25) is 0 Å². The SMILES string of the molecule is CCOC(=O)CCNCc1cnn(C(C)(C)C)c1. The van der Waals surface area contributed by atoms with Gasteiger partial charge in [-0.15, -0.1) is 0 Å².